The molecule has 3 aromatic carbocycles. The van der Waals surface area contributed by atoms with Crippen LogP contribution < -0.4 is 14.8 Å². The van der Waals surface area contributed by atoms with Gasteiger partial charge in [0.15, 0.2) is 15.0 Å². The zero-order chi connectivity index (χ0) is 25.0. The molecule has 0 aliphatic rings. The number of sulfone groups is 1. The number of benzene rings is 3. The topological polar surface area (TPSA) is 118 Å². The molecule has 178 valence electrons. The number of fused-ring (bicyclic) bond motifs is 1. The predicted molar refractivity (Wildman–Crippen MR) is 133 cm³/mol. The van der Waals surface area contributed by atoms with Gasteiger partial charge >= 0.3 is 0 Å². The first kappa shape index (κ1) is 24.2. The largest absolute Gasteiger partial charge is 0.497 e. The monoisotopic (exact) mass is 507 g/mol. The summed E-state index contributed by atoms with van der Waals surface area (Å²) in [7, 11) is -1.81. The fourth-order valence-electron chi connectivity index (χ4n) is 3.29. The van der Waals surface area contributed by atoms with Crippen LogP contribution in [-0.4, -0.2) is 32.2 Å². The molecule has 0 radical (unpaired) electrons. The summed E-state index contributed by atoms with van der Waals surface area (Å²) < 4.78 is 36.4. The fraction of sp³-hybridized carbons (Fsp3) is 0.160. The average molecular weight is 508 g/mol. The van der Waals surface area contributed by atoms with E-state index in [4.69, 9.17) is 14.7 Å². The lowest BCUT2D eigenvalue weighted by atomic mass is 10.1. The van der Waals surface area contributed by atoms with Crippen molar-refractivity contribution in [3.63, 3.8) is 0 Å². The molecule has 1 atom stereocenters. The van der Waals surface area contributed by atoms with Gasteiger partial charge in [-0.15, -0.1) is 0 Å². The molecule has 1 aromatic heterocycles. The third-order valence-electron chi connectivity index (χ3n) is 5.22. The number of methoxy groups -OCH3 is 1. The van der Waals surface area contributed by atoms with E-state index in [1.54, 1.807) is 62.6 Å². The van der Waals surface area contributed by atoms with Gasteiger partial charge in [0.1, 0.15) is 11.5 Å². The van der Waals surface area contributed by atoms with E-state index in [2.05, 4.69) is 10.3 Å². The highest BCUT2D eigenvalue weighted by molar-refractivity contribution is 7.91. The van der Waals surface area contributed by atoms with Crippen LogP contribution in [0.1, 0.15) is 24.2 Å². The Morgan fingerprint density at radius 1 is 1.09 bits per heavy atom. The molecule has 0 bridgehead atoms. The van der Waals surface area contributed by atoms with Gasteiger partial charge in [0, 0.05) is 5.56 Å². The number of hydrogen-bond donors (Lipinski definition) is 1. The molecule has 1 unspecified atom stereocenters. The lowest BCUT2D eigenvalue weighted by Gasteiger charge is -2.19. The molecular weight excluding hydrogens is 486 g/mol. The number of carbonyl (C=O) groups excluding carboxylic acids is 1. The Hall–Kier alpha value is -3.94. The van der Waals surface area contributed by atoms with Gasteiger partial charge in [-0.25, -0.2) is 13.4 Å². The second-order valence-electron chi connectivity index (χ2n) is 7.45. The molecule has 1 N–H and O–H groups in total. The fourth-order valence-corrected chi connectivity index (χ4v) is 5.07. The van der Waals surface area contributed by atoms with Crippen LogP contribution in [-0.2, 0) is 14.6 Å². The van der Waals surface area contributed by atoms with Gasteiger partial charge in [-0.2, -0.15) is 5.26 Å². The molecule has 0 saturated carbocycles. The summed E-state index contributed by atoms with van der Waals surface area (Å²) in [5.41, 5.74) is 1.63. The van der Waals surface area contributed by atoms with Crippen molar-refractivity contribution in [1.82, 2.24) is 4.98 Å². The second kappa shape index (κ2) is 10.1. The quantitative estimate of drug-likeness (QED) is 0.366. The number of amides is 1. The molecule has 0 aliphatic heterocycles. The first-order chi connectivity index (χ1) is 16.8. The maximum absolute atomic E-state index is 13.3. The highest BCUT2D eigenvalue weighted by atomic mass is 32.2. The summed E-state index contributed by atoms with van der Waals surface area (Å²) in [5.74, 6) is 0.554. The van der Waals surface area contributed by atoms with Crippen LogP contribution in [0, 0.1) is 11.3 Å². The Labute approximate surface area is 206 Å². The summed E-state index contributed by atoms with van der Waals surface area (Å²) in [6.45, 7) is 1.57. The van der Waals surface area contributed by atoms with Gasteiger partial charge < -0.3 is 9.47 Å². The van der Waals surface area contributed by atoms with Crippen molar-refractivity contribution in [2.45, 2.75) is 17.9 Å². The maximum Gasteiger partial charge on any atom is 0.271 e. The molecule has 4 rings (SSSR count). The third kappa shape index (κ3) is 5.42. The molecule has 0 fully saturated rings. The van der Waals surface area contributed by atoms with Crippen molar-refractivity contribution in [2.24, 2.45) is 0 Å². The van der Waals surface area contributed by atoms with Crippen LogP contribution in [0.4, 0.5) is 5.13 Å². The highest BCUT2D eigenvalue weighted by Gasteiger charge is 2.25. The van der Waals surface area contributed by atoms with Crippen LogP contribution in [0.3, 0.4) is 0 Å². The maximum atomic E-state index is 13.3. The summed E-state index contributed by atoms with van der Waals surface area (Å²) in [4.78, 5) is 17.9. The molecule has 0 saturated heterocycles. The minimum Gasteiger partial charge on any atom is -0.497 e. The van der Waals surface area contributed by atoms with Gasteiger partial charge in [0.25, 0.3) is 5.91 Å². The van der Waals surface area contributed by atoms with E-state index in [0.717, 1.165) is 4.70 Å². The number of aromatic nitrogens is 1. The summed E-state index contributed by atoms with van der Waals surface area (Å²) in [5, 5.41) is 12.2. The van der Waals surface area contributed by atoms with E-state index in [-0.39, 0.29) is 10.6 Å². The van der Waals surface area contributed by atoms with Crippen molar-refractivity contribution in [2.75, 3.05) is 18.2 Å². The normalized spacial score (nSPS) is 12.0. The van der Waals surface area contributed by atoms with Crippen LogP contribution in [0.2, 0.25) is 0 Å². The number of carbonyl (C=O) groups is 1. The number of nitrogens with zero attached hydrogens (tertiary/aromatic N) is 2. The molecule has 1 amide bonds. The Morgan fingerprint density at radius 2 is 1.77 bits per heavy atom. The summed E-state index contributed by atoms with van der Waals surface area (Å²) in [6, 6.07) is 19.8. The lowest BCUT2D eigenvalue weighted by molar-refractivity contribution is -0.123. The number of rotatable bonds is 8. The van der Waals surface area contributed by atoms with Gasteiger partial charge in [0.2, 0.25) is 6.10 Å². The number of ether oxygens (including phenoxy) is 2. The second-order valence-corrected chi connectivity index (χ2v) is 10.8. The summed E-state index contributed by atoms with van der Waals surface area (Å²) >= 11 is 1.29. The SMILES string of the molecule is CCS(=O)(=O)c1ccc(C(Oc2ccc(C#N)cc2)C(=O)Nc2nc3ccc(OC)cc3s2)cc1. The Balaban J connectivity index is 1.64. The van der Waals surface area contributed by atoms with E-state index in [1.165, 1.54) is 23.5 Å². The number of anilines is 1. The van der Waals surface area contributed by atoms with Crippen LogP contribution in [0.15, 0.2) is 71.6 Å². The number of thiazole rings is 1. The summed E-state index contributed by atoms with van der Waals surface area (Å²) in [6.07, 6.45) is -1.09. The smallest absolute Gasteiger partial charge is 0.271 e. The molecule has 4 aromatic rings. The Morgan fingerprint density at radius 3 is 2.40 bits per heavy atom. The van der Waals surface area contributed by atoms with Gasteiger partial charge in [-0.3, -0.25) is 10.1 Å². The lowest BCUT2D eigenvalue weighted by Crippen LogP contribution is -2.25. The minimum atomic E-state index is -3.39. The molecule has 35 heavy (non-hydrogen) atoms. The van der Waals surface area contributed by atoms with Crippen molar-refractivity contribution in [3.8, 4) is 17.6 Å². The number of hydrogen-bond acceptors (Lipinski definition) is 8. The van der Waals surface area contributed by atoms with Crippen LogP contribution >= 0.6 is 11.3 Å². The number of nitriles is 1. The first-order valence-electron chi connectivity index (χ1n) is 10.6. The third-order valence-corrected chi connectivity index (χ3v) is 7.91. The molecule has 10 heteroatoms. The van der Waals surface area contributed by atoms with E-state index < -0.39 is 21.8 Å². The minimum absolute atomic E-state index is 0.0274. The van der Waals surface area contributed by atoms with Crippen LogP contribution in [0.5, 0.6) is 11.5 Å². The highest BCUT2D eigenvalue weighted by Crippen LogP contribution is 2.31. The van der Waals surface area contributed by atoms with Crippen molar-refractivity contribution < 1.29 is 22.7 Å². The zero-order valence-corrected chi connectivity index (χ0v) is 20.5. The molecule has 0 spiro atoms. The van der Waals surface area contributed by atoms with Gasteiger partial charge in [-0.1, -0.05) is 30.4 Å². The van der Waals surface area contributed by atoms with Crippen molar-refractivity contribution in [3.05, 3.63) is 77.9 Å². The van der Waals surface area contributed by atoms with E-state index in [0.29, 0.717) is 33.3 Å². The van der Waals surface area contributed by atoms with E-state index >= 15 is 0 Å². The van der Waals surface area contributed by atoms with Crippen LogP contribution in [0.25, 0.3) is 10.2 Å². The average Bonchev–Trinajstić information content (AvgIpc) is 3.28. The van der Waals surface area contributed by atoms with Gasteiger partial charge in [-0.05, 0) is 54.6 Å². The number of nitrogens with one attached hydrogen (secondary N) is 1. The molecule has 0 aliphatic carbocycles. The Bertz CT molecular complexity index is 1510. The zero-order valence-electron chi connectivity index (χ0n) is 18.9. The first-order valence-corrected chi connectivity index (χ1v) is 13.0. The van der Waals surface area contributed by atoms with Gasteiger partial charge in [0.05, 0.1) is 39.6 Å². The van der Waals surface area contributed by atoms with E-state index in [9.17, 15) is 13.2 Å². The molecular formula is C25H21N3O5S2. The predicted octanol–water partition coefficient (Wildman–Crippen LogP) is 4.73. The van der Waals surface area contributed by atoms with E-state index in [1.807, 2.05) is 12.1 Å². The van der Waals surface area contributed by atoms with Crippen molar-refractivity contribution in [1.29, 1.82) is 5.26 Å². The molecule has 1 heterocycles. The standard InChI is InChI=1S/C25H21N3O5S2/c1-3-35(30,31)20-11-6-17(7-12-20)23(33-18-8-4-16(15-26)5-9-18)24(29)28-25-27-21-13-10-19(32-2)14-22(21)34-25/h4-14,23H,3H2,1-2H3,(H,27,28,29). The van der Waals surface area contributed by atoms with Crippen molar-refractivity contribution >= 4 is 42.4 Å². The molecule has 8 nitrogen and oxygen atoms in total. The Kier molecular flexibility index (Phi) is 7.00.